The summed E-state index contributed by atoms with van der Waals surface area (Å²) < 4.78 is 0. The first-order valence-electron chi connectivity index (χ1n) is 8.78. The predicted molar refractivity (Wildman–Crippen MR) is 106 cm³/mol. The minimum absolute atomic E-state index is 0.138. The van der Waals surface area contributed by atoms with Gasteiger partial charge in [-0.05, 0) is 30.2 Å². The number of aryl methyl sites for hydroxylation is 1. The molecule has 27 heavy (non-hydrogen) atoms. The lowest BCUT2D eigenvalue weighted by Gasteiger charge is -2.36. The van der Waals surface area contributed by atoms with Crippen molar-refractivity contribution in [3.8, 4) is 0 Å². The summed E-state index contributed by atoms with van der Waals surface area (Å²) in [7, 11) is 0. The first kappa shape index (κ1) is 17.4. The van der Waals surface area contributed by atoms with Crippen LogP contribution in [0.5, 0.6) is 0 Å². The number of carbonyl (C=O) groups is 2. The van der Waals surface area contributed by atoms with Crippen LogP contribution in [0.2, 0.25) is 0 Å². The zero-order chi connectivity index (χ0) is 18.8. The van der Waals surface area contributed by atoms with E-state index in [2.05, 4.69) is 10.3 Å². The van der Waals surface area contributed by atoms with Crippen LogP contribution in [0.25, 0.3) is 0 Å². The fraction of sp³-hybridized carbons (Fsp3) is 0.190. The highest BCUT2D eigenvalue weighted by molar-refractivity contribution is 7.15. The number of hydrogen-bond acceptors (Lipinski definition) is 4. The van der Waals surface area contributed by atoms with E-state index in [-0.39, 0.29) is 11.8 Å². The van der Waals surface area contributed by atoms with E-state index in [1.807, 2.05) is 49.4 Å². The van der Waals surface area contributed by atoms with Gasteiger partial charge in [-0.3, -0.25) is 9.59 Å². The molecular formula is C21H19N3O2S. The molecule has 0 fully saturated rings. The summed E-state index contributed by atoms with van der Waals surface area (Å²) in [6.45, 7) is 2.36. The molecule has 136 valence electrons. The maximum absolute atomic E-state index is 13.1. The highest BCUT2D eigenvalue weighted by Gasteiger charge is 2.35. The predicted octanol–water partition coefficient (Wildman–Crippen LogP) is 3.66. The van der Waals surface area contributed by atoms with Gasteiger partial charge in [-0.1, -0.05) is 42.5 Å². The number of nitrogens with zero attached hydrogens (tertiary/aromatic N) is 2. The van der Waals surface area contributed by atoms with Crippen molar-refractivity contribution in [1.29, 1.82) is 0 Å². The summed E-state index contributed by atoms with van der Waals surface area (Å²) in [5, 5.41) is 3.43. The van der Waals surface area contributed by atoms with E-state index in [4.69, 9.17) is 0 Å². The second kappa shape index (κ2) is 7.32. The summed E-state index contributed by atoms with van der Waals surface area (Å²) in [5.74, 6) is -0.344. The van der Waals surface area contributed by atoms with Crippen molar-refractivity contribution in [2.24, 2.45) is 0 Å². The van der Waals surface area contributed by atoms with E-state index in [1.54, 1.807) is 23.2 Å². The molecule has 1 aliphatic rings. The monoisotopic (exact) mass is 377 g/mol. The average molecular weight is 377 g/mol. The first-order chi connectivity index (χ1) is 13.1. The van der Waals surface area contributed by atoms with Crippen molar-refractivity contribution < 1.29 is 9.59 Å². The van der Waals surface area contributed by atoms with Gasteiger partial charge in [-0.15, -0.1) is 11.3 Å². The summed E-state index contributed by atoms with van der Waals surface area (Å²) in [6, 6.07) is 16.5. The van der Waals surface area contributed by atoms with E-state index < -0.39 is 6.04 Å². The number of rotatable bonds is 3. The Morgan fingerprint density at radius 2 is 1.78 bits per heavy atom. The third kappa shape index (κ3) is 3.61. The molecule has 0 bridgehead atoms. The SMILES string of the molecule is Cc1cnc(NC(=O)[C@H]2Cc3ccccc3CN2C(=O)c2ccccc2)s1. The molecule has 0 aliphatic carbocycles. The van der Waals surface area contributed by atoms with Gasteiger partial charge in [0.2, 0.25) is 5.91 Å². The molecule has 1 aromatic heterocycles. The van der Waals surface area contributed by atoms with Crippen LogP contribution in [0.4, 0.5) is 5.13 Å². The normalized spacial score (nSPS) is 15.9. The van der Waals surface area contributed by atoms with E-state index in [1.165, 1.54) is 11.3 Å². The van der Waals surface area contributed by atoms with E-state index in [0.29, 0.717) is 23.7 Å². The van der Waals surface area contributed by atoms with Crippen LogP contribution in [-0.2, 0) is 17.8 Å². The van der Waals surface area contributed by atoms with Gasteiger partial charge in [0.15, 0.2) is 5.13 Å². The van der Waals surface area contributed by atoms with Crippen molar-refractivity contribution in [3.05, 3.63) is 82.4 Å². The van der Waals surface area contributed by atoms with Crippen molar-refractivity contribution in [2.45, 2.75) is 25.9 Å². The standard InChI is InChI=1S/C21H19N3O2S/c1-14-12-22-21(27-14)23-19(25)18-11-16-9-5-6-10-17(16)13-24(18)20(26)15-7-3-2-4-8-15/h2-10,12,18H,11,13H2,1H3,(H,22,23,25)/t18-/m1/s1. The molecule has 1 aliphatic heterocycles. The smallest absolute Gasteiger partial charge is 0.254 e. The molecule has 0 unspecified atom stereocenters. The average Bonchev–Trinajstić information content (AvgIpc) is 3.11. The molecule has 0 saturated carbocycles. The third-order valence-electron chi connectivity index (χ3n) is 4.68. The lowest BCUT2D eigenvalue weighted by atomic mass is 9.93. The van der Waals surface area contributed by atoms with Crippen LogP contribution in [0.15, 0.2) is 60.8 Å². The van der Waals surface area contributed by atoms with Crippen LogP contribution in [0.3, 0.4) is 0 Å². The van der Waals surface area contributed by atoms with Crippen LogP contribution < -0.4 is 5.32 Å². The minimum Gasteiger partial charge on any atom is -0.322 e. The lowest BCUT2D eigenvalue weighted by molar-refractivity contribution is -0.121. The van der Waals surface area contributed by atoms with Gasteiger partial charge in [0.1, 0.15) is 6.04 Å². The van der Waals surface area contributed by atoms with Crippen molar-refractivity contribution in [1.82, 2.24) is 9.88 Å². The Bertz CT molecular complexity index is 984. The molecular weight excluding hydrogens is 358 g/mol. The van der Waals surface area contributed by atoms with Crippen LogP contribution in [-0.4, -0.2) is 27.7 Å². The highest BCUT2D eigenvalue weighted by Crippen LogP contribution is 2.26. The maximum Gasteiger partial charge on any atom is 0.254 e. The molecule has 2 aromatic carbocycles. The summed E-state index contributed by atoms with van der Waals surface area (Å²) in [4.78, 5) is 33.0. The molecule has 2 heterocycles. The Labute approximate surface area is 161 Å². The topological polar surface area (TPSA) is 62.3 Å². The number of anilines is 1. The lowest BCUT2D eigenvalue weighted by Crippen LogP contribution is -2.50. The van der Waals surface area contributed by atoms with Crippen molar-refractivity contribution in [3.63, 3.8) is 0 Å². The number of benzene rings is 2. The second-order valence-corrected chi connectivity index (χ2v) is 7.79. The Hall–Kier alpha value is -2.99. The molecule has 2 amide bonds. The van der Waals surface area contributed by atoms with Crippen LogP contribution in [0, 0.1) is 6.92 Å². The summed E-state index contributed by atoms with van der Waals surface area (Å²) >= 11 is 1.43. The fourth-order valence-corrected chi connectivity index (χ4v) is 3.99. The van der Waals surface area contributed by atoms with Gasteiger partial charge in [-0.25, -0.2) is 4.98 Å². The summed E-state index contributed by atoms with van der Waals surface area (Å²) in [6.07, 6.45) is 2.22. The Balaban J connectivity index is 1.65. The molecule has 0 spiro atoms. The summed E-state index contributed by atoms with van der Waals surface area (Å²) in [5.41, 5.74) is 2.76. The molecule has 5 nitrogen and oxygen atoms in total. The van der Waals surface area contributed by atoms with Crippen LogP contribution in [0.1, 0.15) is 26.4 Å². The maximum atomic E-state index is 13.1. The third-order valence-corrected chi connectivity index (χ3v) is 5.51. The number of amides is 2. The quantitative estimate of drug-likeness (QED) is 0.758. The fourth-order valence-electron chi connectivity index (χ4n) is 3.32. The number of fused-ring (bicyclic) bond motifs is 1. The zero-order valence-electron chi connectivity index (χ0n) is 14.9. The highest BCUT2D eigenvalue weighted by atomic mass is 32.1. The Morgan fingerprint density at radius 1 is 1.07 bits per heavy atom. The van der Waals surface area contributed by atoms with E-state index in [9.17, 15) is 9.59 Å². The van der Waals surface area contributed by atoms with Gasteiger partial charge < -0.3 is 10.2 Å². The van der Waals surface area contributed by atoms with Gasteiger partial charge >= 0.3 is 0 Å². The molecule has 1 atom stereocenters. The van der Waals surface area contributed by atoms with E-state index in [0.717, 1.165) is 16.0 Å². The molecule has 0 saturated heterocycles. The molecule has 0 radical (unpaired) electrons. The number of aromatic nitrogens is 1. The molecule has 1 N–H and O–H groups in total. The van der Waals surface area contributed by atoms with Gasteiger partial charge in [0.25, 0.3) is 5.91 Å². The molecule has 4 rings (SSSR count). The van der Waals surface area contributed by atoms with Crippen molar-refractivity contribution in [2.75, 3.05) is 5.32 Å². The minimum atomic E-state index is -0.572. The van der Waals surface area contributed by atoms with Gasteiger partial charge in [0.05, 0.1) is 0 Å². The number of carbonyl (C=O) groups excluding carboxylic acids is 2. The first-order valence-corrected chi connectivity index (χ1v) is 9.59. The van der Waals surface area contributed by atoms with Gasteiger partial charge in [-0.2, -0.15) is 0 Å². The van der Waals surface area contributed by atoms with E-state index >= 15 is 0 Å². The molecule has 3 aromatic rings. The molecule has 6 heteroatoms. The Kier molecular flexibility index (Phi) is 4.73. The largest absolute Gasteiger partial charge is 0.322 e. The number of thiazole rings is 1. The second-order valence-electron chi connectivity index (χ2n) is 6.55. The van der Waals surface area contributed by atoms with Gasteiger partial charge in [0, 0.05) is 29.6 Å². The zero-order valence-corrected chi connectivity index (χ0v) is 15.7. The Morgan fingerprint density at radius 3 is 2.48 bits per heavy atom. The van der Waals surface area contributed by atoms with Crippen LogP contribution >= 0.6 is 11.3 Å². The number of hydrogen-bond donors (Lipinski definition) is 1. The van der Waals surface area contributed by atoms with Crippen molar-refractivity contribution >= 4 is 28.3 Å². The number of nitrogens with one attached hydrogen (secondary N) is 1.